The first-order chi connectivity index (χ1) is 12.7. The molecule has 1 fully saturated rings. The van der Waals surface area contributed by atoms with Crippen LogP contribution in [-0.2, 0) is 6.54 Å². The molecule has 134 valence electrons. The smallest absolute Gasteiger partial charge is 0.257 e. The average molecular weight is 350 g/mol. The third kappa shape index (κ3) is 3.27. The Hall–Kier alpha value is -2.89. The van der Waals surface area contributed by atoms with Gasteiger partial charge in [-0.05, 0) is 43.9 Å². The standard InChI is InChI=1S/C20H22N4O2/c1-15-11-22-19(17-4-7-21-8-5-17)24(15)13-16-3-2-9-23(12-16)20(25)18-6-10-26-14-18/h4-8,10-11,14,16H,2-3,9,12-13H2,1H3. The van der Waals surface area contributed by atoms with Gasteiger partial charge in [0, 0.05) is 49.5 Å². The van der Waals surface area contributed by atoms with Crippen LogP contribution in [0, 0.1) is 12.8 Å². The molecule has 0 bridgehead atoms. The normalized spacial score (nSPS) is 17.4. The van der Waals surface area contributed by atoms with Crippen molar-refractivity contribution in [3.8, 4) is 11.4 Å². The molecule has 0 spiro atoms. The first kappa shape index (κ1) is 16.6. The molecule has 0 aliphatic carbocycles. The molecule has 0 radical (unpaired) electrons. The molecule has 1 amide bonds. The highest BCUT2D eigenvalue weighted by Gasteiger charge is 2.26. The van der Waals surface area contributed by atoms with Crippen molar-refractivity contribution in [1.82, 2.24) is 19.4 Å². The number of hydrogen-bond acceptors (Lipinski definition) is 4. The summed E-state index contributed by atoms with van der Waals surface area (Å²) in [5.41, 5.74) is 2.83. The molecular formula is C20H22N4O2. The molecule has 0 saturated carbocycles. The largest absolute Gasteiger partial charge is 0.472 e. The van der Waals surface area contributed by atoms with E-state index in [0.717, 1.165) is 49.6 Å². The number of furan rings is 1. The highest BCUT2D eigenvalue weighted by atomic mass is 16.3. The van der Waals surface area contributed by atoms with Crippen molar-refractivity contribution >= 4 is 5.91 Å². The van der Waals surface area contributed by atoms with Crippen molar-refractivity contribution in [2.24, 2.45) is 5.92 Å². The van der Waals surface area contributed by atoms with E-state index in [2.05, 4.69) is 21.5 Å². The Kier molecular flexibility index (Phi) is 4.56. The minimum Gasteiger partial charge on any atom is -0.472 e. The van der Waals surface area contributed by atoms with Crippen LogP contribution in [0.3, 0.4) is 0 Å². The third-order valence-corrected chi connectivity index (χ3v) is 5.01. The van der Waals surface area contributed by atoms with Gasteiger partial charge in [-0.2, -0.15) is 0 Å². The molecular weight excluding hydrogens is 328 g/mol. The molecule has 1 aliphatic heterocycles. The molecule has 1 unspecified atom stereocenters. The van der Waals surface area contributed by atoms with E-state index in [9.17, 15) is 4.79 Å². The van der Waals surface area contributed by atoms with Crippen molar-refractivity contribution in [2.75, 3.05) is 13.1 Å². The van der Waals surface area contributed by atoms with Crippen molar-refractivity contribution in [3.05, 3.63) is 60.6 Å². The number of aromatic nitrogens is 3. The quantitative estimate of drug-likeness (QED) is 0.723. The second kappa shape index (κ2) is 7.15. The Balaban J connectivity index is 1.51. The fraction of sp³-hybridized carbons (Fsp3) is 0.350. The molecule has 1 atom stereocenters. The molecule has 26 heavy (non-hydrogen) atoms. The summed E-state index contributed by atoms with van der Waals surface area (Å²) < 4.78 is 7.31. The van der Waals surface area contributed by atoms with Gasteiger partial charge in [0.2, 0.25) is 0 Å². The van der Waals surface area contributed by atoms with E-state index in [1.54, 1.807) is 24.7 Å². The zero-order valence-corrected chi connectivity index (χ0v) is 14.8. The first-order valence-electron chi connectivity index (χ1n) is 8.96. The van der Waals surface area contributed by atoms with Gasteiger partial charge in [0.05, 0.1) is 11.8 Å². The number of carbonyl (C=O) groups is 1. The lowest BCUT2D eigenvalue weighted by Crippen LogP contribution is -2.41. The minimum atomic E-state index is 0.0557. The van der Waals surface area contributed by atoms with Crippen LogP contribution < -0.4 is 0 Å². The average Bonchev–Trinajstić information content (AvgIpc) is 3.33. The Labute approximate surface area is 152 Å². The van der Waals surface area contributed by atoms with E-state index < -0.39 is 0 Å². The molecule has 1 aliphatic rings. The van der Waals surface area contributed by atoms with E-state index in [1.165, 1.54) is 6.26 Å². The lowest BCUT2D eigenvalue weighted by molar-refractivity contribution is 0.0661. The summed E-state index contributed by atoms with van der Waals surface area (Å²) in [6.45, 7) is 4.51. The number of piperidine rings is 1. The number of nitrogens with zero attached hydrogens (tertiary/aromatic N) is 4. The summed E-state index contributed by atoms with van der Waals surface area (Å²) in [5.74, 6) is 1.43. The highest BCUT2D eigenvalue weighted by Crippen LogP contribution is 2.25. The lowest BCUT2D eigenvalue weighted by atomic mass is 9.97. The molecule has 3 aromatic heterocycles. The number of likely N-dealkylation sites (tertiary alicyclic amines) is 1. The predicted octanol–water partition coefficient (Wildman–Crippen LogP) is 3.40. The zero-order chi connectivity index (χ0) is 17.9. The van der Waals surface area contributed by atoms with Crippen molar-refractivity contribution in [1.29, 1.82) is 0 Å². The van der Waals surface area contributed by atoms with Crippen molar-refractivity contribution in [2.45, 2.75) is 26.3 Å². The van der Waals surface area contributed by atoms with Crippen molar-refractivity contribution in [3.63, 3.8) is 0 Å². The predicted molar refractivity (Wildman–Crippen MR) is 97.5 cm³/mol. The van der Waals surface area contributed by atoms with Gasteiger partial charge >= 0.3 is 0 Å². The lowest BCUT2D eigenvalue weighted by Gasteiger charge is -2.33. The third-order valence-electron chi connectivity index (χ3n) is 5.01. The first-order valence-corrected chi connectivity index (χ1v) is 8.96. The van der Waals surface area contributed by atoms with E-state index in [-0.39, 0.29) is 5.91 Å². The van der Waals surface area contributed by atoms with Crippen LogP contribution in [0.25, 0.3) is 11.4 Å². The summed E-state index contributed by atoms with van der Waals surface area (Å²) in [6, 6.07) is 5.69. The van der Waals surface area contributed by atoms with E-state index in [1.807, 2.05) is 23.2 Å². The SMILES string of the molecule is Cc1cnc(-c2ccncc2)n1CC1CCCN(C(=O)c2ccoc2)C1. The topological polar surface area (TPSA) is 64.2 Å². The summed E-state index contributed by atoms with van der Waals surface area (Å²) >= 11 is 0. The Morgan fingerprint density at radius 1 is 1.31 bits per heavy atom. The van der Waals surface area contributed by atoms with Crippen LogP contribution in [0.2, 0.25) is 0 Å². The van der Waals surface area contributed by atoms with Gasteiger partial charge in [-0.15, -0.1) is 0 Å². The molecule has 6 heteroatoms. The summed E-state index contributed by atoms with van der Waals surface area (Å²) in [5, 5.41) is 0. The summed E-state index contributed by atoms with van der Waals surface area (Å²) in [7, 11) is 0. The maximum Gasteiger partial charge on any atom is 0.257 e. The van der Waals surface area contributed by atoms with Gasteiger partial charge in [0.15, 0.2) is 0 Å². The fourth-order valence-corrected chi connectivity index (χ4v) is 3.65. The summed E-state index contributed by atoms with van der Waals surface area (Å²) in [6.07, 6.45) is 10.7. The van der Waals surface area contributed by atoms with Gasteiger partial charge in [-0.25, -0.2) is 4.98 Å². The van der Waals surface area contributed by atoms with E-state index in [4.69, 9.17) is 4.42 Å². The maximum atomic E-state index is 12.6. The molecule has 1 saturated heterocycles. The van der Waals surface area contributed by atoms with E-state index >= 15 is 0 Å². The van der Waals surface area contributed by atoms with Gasteiger partial charge in [-0.3, -0.25) is 9.78 Å². The number of rotatable bonds is 4. The maximum absolute atomic E-state index is 12.6. The molecule has 6 nitrogen and oxygen atoms in total. The molecule has 0 N–H and O–H groups in total. The number of imidazole rings is 1. The Morgan fingerprint density at radius 3 is 2.92 bits per heavy atom. The zero-order valence-electron chi connectivity index (χ0n) is 14.8. The molecule has 0 aromatic carbocycles. The van der Waals surface area contributed by atoms with Crippen LogP contribution in [0.4, 0.5) is 0 Å². The molecule has 4 heterocycles. The molecule has 3 aromatic rings. The fourth-order valence-electron chi connectivity index (χ4n) is 3.65. The van der Waals surface area contributed by atoms with Crippen LogP contribution in [-0.4, -0.2) is 38.4 Å². The van der Waals surface area contributed by atoms with Crippen LogP contribution >= 0.6 is 0 Å². The number of aryl methyl sites for hydroxylation is 1. The number of pyridine rings is 1. The van der Waals surface area contributed by atoms with Gasteiger partial charge in [-0.1, -0.05) is 0 Å². The Bertz CT molecular complexity index is 871. The van der Waals surface area contributed by atoms with E-state index in [0.29, 0.717) is 11.5 Å². The second-order valence-electron chi connectivity index (χ2n) is 6.84. The van der Waals surface area contributed by atoms with Crippen LogP contribution in [0.1, 0.15) is 28.9 Å². The van der Waals surface area contributed by atoms with Gasteiger partial charge < -0.3 is 13.9 Å². The number of amides is 1. The van der Waals surface area contributed by atoms with Gasteiger partial charge in [0.25, 0.3) is 5.91 Å². The van der Waals surface area contributed by atoms with Gasteiger partial charge in [0.1, 0.15) is 12.1 Å². The number of carbonyl (C=O) groups excluding carboxylic acids is 1. The molecule has 4 rings (SSSR count). The van der Waals surface area contributed by atoms with Crippen LogP contribution in [0.15, 0.2) is 53.7 Å². The van der Waals surface area contributed by atoms with Crippen LogP contribution in [0.5, 0.6) is 0 Å². The highest BCUT2D eigenvalue weighted by molar-refractivity contribution is 5.93. The van der Waals surface area contributed by atoms with Crippen molar-refractivity contribution < 1.29 is 9.21 Å². The second-order valence-corrected chi connectivity index (χ2v) is 6.84. The minimum absolute atomic E-state index is 0.0557. The Morgan fingerprint density at radius 2 is 2.15 bits per heavy atom. The summed E-state index contributed by atoms with van der Waals surface area (Å²) in [4.78, 5) is 23.2. The number of hydrogen-bond donors (Lipinski definition) is 0. The monoisotopic (exact) mass is 350 g/mol.